The van der Waals surface area contributed by atoms with Gasteiger partial charge in [0.05, 0.1) is 13.2 Å². The number of hydrogen-bond acceptors (Lipinski definition) is 5. The number of rotatable bonds is 9. The molecular weight excluding hydrogens is 368 g/mol. The first-order valence-corrected chi connectivity index (χ1v) is 9.99. The Labute approximate surface area is 159 Å². The van der Waals surface area contributed by atoms with Gasteiger partial charge in [0, 0.05) is 12.2 Å². The van der Waals surface area contributed by atoms with E-state index in [9.17, 15) is 13.2 Å². The minimum atomic E-state index is -3.78. The maximum Gasteiger partial charge on any atom is 0.251 e. The molecule has 8 heteroatoms. The van der Waals surface area contributed by atoms with Crippen LogP contribution >= 0.6 is 0 Å². The summed E-state index contributed by atoms with van der Waals surface area (Å²) >= 11 is 0. The quantitative estimate of drug-likeness (QED) is 0.604. The number of aliphatic hydroxyl groups is 1. The van der Waals surface area contributed by atoms with Gasteiger partial charge in [-0.05, 0) is 43.7 Å². The minimum absolute atomic E-state index is 0.0201. The van der Waals surface area contributed by atoms with Gasteiger partial charge in [0.2, 0.25) is 10.0 Å². The SMILES string of the molecule is CNS(=O)(=O)c1cc(C(=O)NC(CCCO)c2ccccc2)ccc1OC. The van der Waals surface area contributed by atoms with Crippen LogP contribution in [0.25, 0.3) is 0 Å². The topological polar surface area (TPSA) is 105 Å². The Bertz CT molecular complexity index is 869. The van der Waals surface area contributed by atoms with Gasteiger partial charge < -0.3 is 15.2 Å². The van der Waals surface area contributed by atoms with Crippen molar-refractivity contribution in [2.75, 3.05) is 20.8 Å². The second-order valence-corrected chi connectivity index (χ2v) is 7.73. The largest absolute Gasteiger partial charge is 0.495 e. The van der Waals surface area contributed by atoms with Crippen molar-refractivity contribution in [2.24, 2.45) is 0 Å². The lowest BCUT2D eigenvalue weighted by molar-refractivity contribution is 0.0932. The van der Waals surface area contributed by atoms with Crippen LogP contribution < -0.4 is 14.8 Å². The van der Waals surface area contributed by atoms with Gasteiger partial charge in [-0.1, -0.05) is 30.3 Å². The number of hydrogen-bond donors (Lipinski definition) is 3. The number of aliphatic hydroxyl groups excluding tert-OH is 1. The summed E-state index contributed by atoms with van der Waals surface area (Å²) in [5.74, 6) is -0.252. The van der Waals surface area contributed by atoms with Crippen LogP contribution in [0.2, 0.25) is 0 Å². The normalized spacial score (nSPS) is 12.4. The van der Waals surface area contributed by atoms with Gasteiger partial charge in [-0.2, -0.15) is 0 Å². The molecule has 1 amide bonds. The lowest BCUT2D eigenvalue weighted by Gasteiger charge is -2.19. The molecule has 27 heavy (non-hydrogen) atoms. The lowest BCUT2D eigenvalue weighted by Crippen LogP contribution is -2.29. The van der Waals surface area contributed by atoms with Crippen LogP contribution in [0.3, 0.4) is 0 Å². The molecule has 0 spiro atoms. The van der Waals surface area contributed by atoms with E-state index in [4.69, 9.17) is 9.84 Å². The van der Waals surface area contributed by atoms with E-state index in [0.717, 1.165) is 5.56 Å². The molecule has 0 saturated heterocycles. The Morgan fingerprint density at radius 1 is 1.19 bits per heavy atom. The van der Waals surface area contributed by atoms with Crippen molar-refractivity contribution in [1.82, 2.24) is 10.0 Å². The zero-order chi connectivity index (χ0) is 19.9. The molecule has 0 heterocycles. The van der Waals surface area contributed by atoms with Crippen molar-refractivity contribution in [1.29, 1.82) is 0 Å². The number of nitrogens with one attached hydrogen (secondary N) is 2. The lowest BCUT2D eigenvalue weighted by atomic mass is 10.0. The van der Waals surface area contributed by atoms with Gasteiger partial charge in [0.1, 0.15) is 10.6 Å². The molecule has 7 nitrogen and oxygen atoms in total. The Hall–Kier alpha value is -2.42. The Morgan fingerprint density at radius 2 is 1.89 bits per heavy atom. The molecule has 0 bridgehead atoms. The molecular formula is C19H24N2O5S. The predicted molar refractivity (Wildman–Crippen MR) is 102 cm³/mol. The molecule has 0 aromatic heterocycles. The third kappa shape index (κ3) is 5.29. The van der Waals surface area contributed by atoms with Crippen LogP contribution in [0.4, 0.5) is 0 Å². The molecule has 1 atom stereocenters. The molecule has 3 N–H and O–H groups in total. The van der Waals surface area contributed by atoms with Crippen molar-refractivity contribution < 1.29 is 23.1 Å². The average Bonchev–Trinajstić information content (AvgIpc) is 2.71. The first-order valence-electron chi connectivity index (χ1n) is 8.51. The van der Waals surface area contributed by atoms with E-state index in [1.54, 1.807) is 0 Å². The van der Waals surface area contributed by atoms with Crippen molar-refractivity contribution in [3.63, 3.8) is 0 Å². The molecule has 0 aliphatic rings. The smallest absolute Gasteiger partial charge is 0.251 e. The highest BCUT2D eigenvalue weighted by Crippen LogP contribution is 2.25. The maximum atomic E-state index is 12.7. The number of ether oxygens (including phenoxy) is 1. The van der Waals surface area contributed by atoms with E-state index in [1.165, 1.54) is 32.4 Å². The van der Waals surface area contributed by atoms with E-state index < -0.39 is 15.9 Å². The van der Waals surface area contributed by atoms with Gasteiger partial charge in [-0.3, -0.25) is 4.79 Å². The molecule has 0 saturated carbocycles. The predicted octanol–water partition coefficient (Wildman–Crippen LogP) is 1.85. The average molecular weight is 392 g/mol. The Morgan fingerprint density at radius 3 is 2.48 bits per heavy atom. The fraction of sp³-hybridized carbons (Fsp3) is 0.316. The molecule has 1 unspecified atom stereocenters. The van der Waals surface area contributed by atoms with Crippen LogP contribution in [-0.2, 0) is 10.0 Å². The highest BCUT2D eigenvalue weighted by Gasteiger charge is 2.21. The number of amides is 1. The van der Waals surface area contributed by atoms with Crippen molar-refractivity contribution in [2.45, 2.75) is 23.8 Å². The van der Waals surface area contributed by atoms with Gasteiger partial charge in [-0.25, -0.2) is 13.1 Å². The molecule has 2 rings (SSSR count). The van der Waals surface area contributed by atoms with Crippen LogP contribution in [-0.4, -0.2) is 40.2 Å². The fourth-order valence-corrected chi connectivity index (χ4v) is 3.60. The summed E-state index contributed by atoms with van der Waals surface area (Å²) < 4.78 is 31.7. The molecule has 0 aliphatic heterocycles. The standard InChI is InChI=1S/C19H24N2O5S/c1-20-27(24,25)18-13-15(10-11-17(18)26-2)19(23)21-16(9-6-12-22)14-7-4-3-5-8-14/h3-5,7-8,10-11,13,16,20,22H,6,9,12H2,1-2H3,(H,21,23). The summed E-state index contributed by atoms with van der Waals surface area (Å²) in [6, 6.07) is 13.4. The Kier molecular flexibility index (Phi) is 7.35. The van der Waals surface area contributed by atoms with Gasteiger partial charge in [0.15, 0.2) is 0 Å². The van der Waals surface area contributed by atoms with Crippen LogP contribution in [0.1, 0.15) is 34.8 Å². The Balaban J connectivity index is 2.31. The number of sulfonamides is 1. The highest BCUT2D eigenvalue weighted by molar-refractivity contribution is 7.89. The number of benzene rings is 2. The summed E-state index contributed by atoms with van der Waals surface area (Å²) in [4.78, 5) is 12.6. The summed E-state index contributed by atoms with van der Waals surface area (Å²) in [6.07, 6.45) is 1.09. The zero-order valence-corrected chi connectivity index (χ0v) is 16.1. The molecule has 0 radical (unpaired) electrons. The second kappa shape index (κ2) is 9.50. The molecule has 2 aromatic rings. The van der Waals surface area contributed by atoms with Gasteiger partial charge in [-0.15, -0.1) is 0 Å². The second-order valence-electron chi connectivity index (χ2n) is 5.88. The number of carbonyl (C=O) groups is 1. The summed E-state index contributed by atoms with van der Waals surface area (Å²) in [6.45, 7) is 0.0201. The van der Waals surface area contributed by atoms with E-state index >= 15 is 0 Å². The molecule has 146 valence electrons. The van der Waals surface area contributed by atoms with Gasteiger partial charge in [0.25, 0.3) is 5.91 Å². The third-order valence-electron chi connectivity index (χ3n) is 4.14. The number of methoxy groups -OCH3 is 1. The van der Waals surface area contributed by atoms with E-state index in [0.29, 0.717) is 12.8 Å². The zero-order valence-electron chi connectivity index (χ0n) is 15.3. The number of carbonyl (C=O) groups excluding carboxylic acids is 1. The summed E-state index contributed by atoms with van der Waals surface area (Å²) in [5, 5.41) is 12.0. The summed E-state index contributed by atoms with van der Waals surface area (Å²) in [5.41, 5.74) is 1.12. The highest BCUT2D eigenvalue weighted by atomic mass is 32.2. The minimum Gasteiger partial charge on any atom is -0.495 e. The molecule has 0 aliphatic carbocycles. The molecule has 0 fully saturated rings. The first-order chi connectivity index (χ1) is 12.9. The van der Waals surface area contributed by atoms with Gasteiger partial charge >= 0.3 is 0 Å². The van der Waals surface area contributed by atoms with Crippen LogP contribution in [0.15, 0.2) is 53.4 Å². The van der Waals surface area contributed by atoms with E-state index in [2.05, 4.69) is 10.0 Å². The van der Waals surface area contributed by atoms with Crippen molar-refractivity contribution >= 4 is 15.9 Å². The first kappa shape index (κ1) is 20.9. The van der Waals surface area contributed by atoms with E-state index in [1.807, 2.05) is 30.3 Å². The van der Waals surface area contributed by atoms with Crippen molar-refractivity contribution in [3.8, 4) is 5.75 Å². The fourth-order valence-electron chi connectivity index (χ4n) is 2.68. The summed E-state index contributed by atoms with van der Waals surface area (Å²) in [7, 11) is -1.12. The van der Waals surface area contributed by atoms with Crippen LogP contribution in [0, 0.1) is 0 Å². The van der Waals surface area contributed by atoms with Crippen molar-refractivity contribution in [3.05, 3.63) is 59.7 Å². The maximum absolute atomic E-state index is 12.7. The monoisotopic (exact) mass is 392 g/mol. The molecule has 2 aromatic carbocycles. The third-order valence-corrected chi connectivity index (χ3v) is 5.58. The van der Waals surface area contributed by atoms with E-state index in [-0.39, 0.29) is 28.9 Å². The van der Waals surface area contributed by atoms with Crippen LogP contribution in [0.5, 0.6) is 5.75 Å².